The molecule has 4 aromatic rings. The van der Waals surface area contributed by atoms with Crippen LogP contribution < -0.4 is 0 Å². The van der Waals surface area contributed by atoms with E-state index in [0.717, 1.165) is 21.2 Å². The highest BCUT2D eigenvalue weighted by molar-refractivity contribution is 7.20. The smallest absolute Gasteiger partial charge is 0.274 e. The number of thiophene rings is 1. The van der Waals surface area contributed by atoms with Crippen molar-refractivity contribution in [2.24, 2.45) is 0 Å². The van der Waals surface area contributed by atoms with E-state index in [9.17, 15) is 4.79 Å². The number of thiazole rings is 1. The summed E-state index contributed by atoms with van der Waals surface area (Å²) < 4.78 is 5.44. The normalized spacial score (nSPS) is 10.8. The Bertz CT molecular complexity index is 961. The van der Waals surface area contributed by atoms with Gasteiger partial charge < -0.3 is 9.32 Å². The zero-order chi connectivity index (χ0) is 17.8. The van der Waals surface area contributed by atoms with E-state index >= 15 is 0 Å². The van der Waals surface area contributed by atoms with Crippen molar-refractivity contribution < 1.29 is 9.21 Å². The summed E-state index contributed by atoms with van der Waals surface area (Å²) in [6, 6.07) is 17.7. The van der Waals surface area contributed by atoms with Crippen LogP contribution in [0.3, 0.4) is 0 Å². The van der Waals surface area contributed by atoms with Crippen molar-refractivity contribution in [2.75, 3.05) is 0 Å². The summed E-state index contributed by atoms with van der Waals surface area (Å²) in [6.45, 7) is 0.916. The number of carbonyl (C=O) groups is 1. The average molecular weight is 380 g/mol. The summed E-state index contributed by atoms with van der Waals surface area (Å²) in [6.07, 6.45) is 1.62. The van der Waals surface area contributed by atoms with Crippen LogP contribution in [-0.2, 0) is 13.1 Å². The molecule has 0 aliphatic rings. The fourth-order valence-electron chi connectivity index (χ4n) is 2.64. The largest absolute Gasteiger partial charge is 0.467 e. The summed E-state index contributed by atoms with van der Waals surface area (Å²) >= 11 is 3.12. The van der Waals surface area contributed by atoms with Crippen molar-refractivity contribution in [3.63, 3.8) is 0 Å². The van der Waals surface area contributed by atoms with Crippen molar-refractivity contribution in [3.8, 4) is 9.88 Å². The lowest BCUT2D eigenvalue weighted by molar-refractivity contribution is 0.0712. The number of rotatable bonds is 6. The molecule has 0 saturated carbocycles. The third-order valence-electron chi connectivity index (χ3n) is 3.89. The average Bonchev–Trinajstić information content (AvgIpc) is 3.42. The molecule has 6 heteroatoms. The quantitative estimate of drug-likeness (QED) is 0.455. The molecule has 3 aromatic heterocycles. The van der Waals surface area contributed by atoms with Crippen LogP contribution in [0, 0.1) is 0 Å². The Morgan fingerprint density at radius 2 is 1.88 bits per heavy atom. The van der Waals surface area contributed by atoms with Crippen LogP contribution >= 0.6 is 22.7 Å². The molecule has 0 radical (unpaired) electrons. The van der Waals surface area contributed by atoms with Gasteiger partial charge >= 0.3 is 0 Å². The Balaban J connectivity index is 1.59. The minimum absolute atomic E-state index is 0.0932. The van der Waals surface area contributed by atoms with Gasteiger partial charge in [0, 0.05) is 11.9 Å². The first-order chi connectivity index (χ1) is 12.8. The highest BCUT2D eigenvalue weighted by atomic mass is 32.1. The lowest BCUT2D eigenvalue weighted by atomic mass is 10.2. The molecule has 3 heterocycles. The second-order valence-electron chi connectivity index (χ2n) is 5.74. The lowest BCUT2D eigenvalue weighted by Crippen LogP contribution is -2.30. The van der Waals surface area contributed by atoms with Gasteiger partial charge in [-0.2, -0.15) is 0 Å². The maximum Gasteiger partial charge on any atom is 0.274 e. The Kier molecular flexibility index (Phi) is 4.95. The number of carbonyl (C=O) groups excluding carboxylic acids is 1. The molecule has 130 valence electrons. The van der Waals surface area contributed by atoms with E-state index in [1.165, 1.54) is 11.3 Å². The van der Waals surface area contributed by atoms with E-state index in [-0.39, 0.29) is 5.91 Å². The van der Waals surface area contributed by atoms with Crippen LogP contribution in [-0.4, -0.2) is 15.8 Å². The van der Waals surface area contributed by atoms with Crippen LogP contribution in [0.25, 0.3) is 9.88 Å². The number of hydrogen-bond donors (Lipinski definition) is 0. The van der Waals surface area contributed by atoms with Gasteiger partial charge in [-0.05, 0) is 29.1 Å². The van der Waals surface area contributed by atoms with Crippen molar-refractivity contribution in [1.82, 2.24) is 9.88 Å². The third-order valence-corrected chi connectivity index (χ3v) is 5.77. The maximum absolute atomic E-state index is 13.1. The zero-order valence-corrected chi connectivity index (χ0v) is 15.5. The first kappa shape index (κ1) is 16.8. The summed E-state index contributed by atoms with van der Waals surface area (Å²) in [5.74, 6) is 0.660. The predicted octanol–water partition coefficient (Wildman–Crippen LogP) is 5.31. The van der Waals surface area contributed by atoms with E-state index in [1.54, 1.807) is 22.5 Å². The number of hydrogen-bond acceptors (Lipinski definition) is 5. The Labute approximate surface area is 159 Å². The molecule has 0 aliphatic carbocycles. The highest BCUT2D eigenvalue weighted by Gasteiger charge is 2.21. The summed E-state index contributed by atoms with van der Waals surface area (Å²) in [4.78, 5) is 20.5. The van der Waals surface area contributed by atoms with E-state index in [2.05, 4.69) is 4.98 Å². The molecule has 0 spiro atoms. The molecular formula is C20H16N2O2S2. The van der Waals surface area contributed by atoms with Gasteiger partial charge in [0.05, 0.1) is 17.7 Å². The van der Waals surface area contributed by atoms with E-state index < -0.39 is 0 Å². The first-order valence-electron chi connectivity index (χ1n) is 8.14. The topological polar surface area (TPSA) is 46.3 Å². The Morgan fingerprint density at radius 3 is 2.62 bits per heavy atom. The molecule has 4 nitrogen and oxygen atoms in total. The summed E-state index contributed by atoms with van der Waals surface area (Å²) in [7, 11) is 0. The molecular weight excluding hydrogens is 364 g/mol. The van der Waals surface area contributed by atoms with E-state index in [4.69, 9.17) is 4.42 Å². The number of furan rings is 1. The van der Waals surface area contributed by atoms with Crippen molar-refractivity contribution >= 4 is 28.6 Å². The van der Waals surface area contributed by atoms with Gasteiger partial charge in [0.25, 0.3) is 5.91 Å². The molecule has 4 rings (SSSR count). The molecule has 0 unspecified atom stereocenters. The van der Waals surface area contributed by atoms with Gasteiger partial charge in [0.2, 0.25) is 0 Å². The van der Waals surface area contributed by atoms with Gasteiger partial charge in [-0.25, -0.2) is 4.98 Å². The predicted molar refractivity (Wildman–Crippen MR) is 104 cm³/mol. The number of benzene rings is 1. The monoisotopic (exact) mass is 380 g/mol. The molecule has 0 bridgehead atoms. The minimum Gasteiger partial charge on any atom is -0.467 e. The molecule has 26 heavy (non-hydrogen) atoms. The summed E-state index contributed by atoms with van der Waals surface area (Å²) in [5, 5.41) is 4.72. The highest BCUT2D eigenvalue weighted by Crippen LogP contribution is 2.28. The number of nitrogens with zero attached hydrogens (tertiary/aromatic N) is 2. The van der Waals surface area contributed by atoms with Crippen LogP contribution in [0.4, 0.5) is 0 Å². The van der Waals surface area contributed by atoms with Gasteiger partial charge in [-0.15, -0.1) is 22.7 Å². The first-order valence-corrected chi connectivity index (χ1v) is 9.90. The summed E-state index contributed by atoms with van der Waals surface area (Å²) in [5.41, 5.74) is 1.54. The van der Waals surface area contributed by atoms with Crippen LogP contribution in [0.1, 0.15) is 21.8 Å². The van der Waals surface area contributed by atoms with Crippen LogP contribution in [0.2, 0.25) is 0 Å². The SMILES string of the molecule is O=C(c1csc(-c2cccs2)n1)N(Cc1ccccc1)Cc1ccco1. The minimum atomic E-state index is -0.0932. The second-order valence-corrected chi connectivity index (χ2v) is 7.55. The molecule has 0 N–H and O–H groups in total. The van der Waals surface area contributed by atoms with Gasteiger partial charge in [-0.3, -0.25) is 4.79 Å². The molecule has 0 aliphatic heterocycles. The fourth-order valence-corrected chi connectivity index (χ4v) is 4.25. The third kappa shape index (κ3) is 3.76. The van der Waals surface area contributed by atoms with E-state index in [1.807, 2.05) is 65.4 Å². The Morgan fingerprint density at radius 1 is 1.00 bits per heavy atom. The zero-order valence-electron chi connectivity index (χ0n) is 13.9. The van der Waals surface area contributed by atoms with Crippen molar-refractivity contribution in [2.45, 2.75) is 13.1 Å². The van der Waals surface area contributed by atoms with Gasteiger partial charge in [0.15, 0.2) is 0 Å². The van der Waals surface area contributed by atoms with Crippen molar-refractivity contribution in [1.29, 1.82) is 0 Å². The van der Waals surface area contributed by atoms with Gasteiger partial charge in [-0.1, -0.05) is 36.4 Å². The van der Waals surface area contributed by atoms with Crippen LogP contribution in [0.5, 0.6) is 0 Å². The number of aromatic nitrogens is 1. The van der Waals surface area contributed by atoms with Crippen molar-refractivity contribution in [3.05, 3.63) is 88.6 Å². The lowest BCUT2D eigenvalue weighted by Gasteiger charge is -2.21. The van der Waals surface area contributed by atoms with Gasteiger partial charge in [0.1, 0.15) is 16.5 Å². The molecule has 1 aromatic carbocycles. The number of amides is 1. The fraction of sp³-hybridized carbons (Fsp3) is 0.100. The molecule has 1 amide bonds. The molecule has 0 atom stereocenters. The molecule has 0 saturated heterocycles. The molecule has 0 fully saturated rings. The maximum atomic E-state index is 13.1. The van der Waals surface area contributed by atoms with Crippen LogP contribution in [0.15, 0.2) is 76.0 Å². The van der Waals surface area contributed by atoms with E-state index in [0.29, 0.717) is 18.8 Å². The second kappa shape index (κ2) is 7.68. The standard InChI is InChI=1S/C20H16N2O2S2/c23-20(17-14-26-19(21-17)18-9-5-11-25-18)22(13-16-8-4-10-24-16)12-15-6-2-1-3-7-15/h1-11,14H,12-13H2. The Hall–Kier alpha value is -2.70.